The van der Waals surface area contributed by atoms with Gasteiger partial charge in [0.05, 0.1) is 10.6 Å². The highest BCUT2D eigenvalue weighted by Gasteiger charge is 2.33. The molecule has 0 bridgehead atoms. The molecule has 1 atom stereocenters. The molecule has 6 heteroatoms. The fourth-order valence-electron chi connectivity index (χ4n) is 1.40. The fourth-order valence-corrected chi connectivity index (χ4v) is 1.59. The number of pyridine rings is 1. The quantitative estimate of drug-likeness (QED) is 0.880. The summed E-state index contributed by atoms with van der Waals surface area (Å²) in [6.07, 6.45) is 2.76. The van der Waals surface area contributed by atoms with E-state index in [1.807, 2.05) is 0 Å². The van der Waals surface area contributed by atoms with Crippen LogP contribution in [0.15, 0.2) is 18.5 Å². The lowest BCUT2D eigenvalue weighted by Gasteiger charge is -2.27. The molecule has 0 unspecified atom stereocenters. The summed E-state index contributed by atoms with van der Waals surface area (Å²) in [6.45, 7) is 5.20. The number of rotatable bonds is 3. The maximum atomic E-state index is 11.9. The van der Waals surface area contributed by atoms with Crippen molar-refractivity contribution in [1.82, 2.24) is 10.3 Å². The highest BCUT2D eigenvalue weighted by atomic mass is 35.5. The number of carbonyl (C=O) groups is 2. The summed E-state index contributed by atoms with van der Waals surface area (Å²) < 4.78 is 0. The number of aliphatic carboxylic acids is 1. The summed E-state index contributed by atoms with van der Waals surface area (Å²) in [5.41, 5.74) is -0.439. The zero-order valence-electron chi connectivity index (χ0n) is 10.4. The lowest BCUT2D eigenvalue weighted by atomic mass is 9.86. The van der Waals surface area contributed by atoms with Gasteiger partial charge in [0.25, 0.3) is 5.91 Å². The van der Waals surface area contributed by atoms with E-state index in [4.69, 9.17) is 16.7 Å². The first-order valence-corrected chi connectivity index (χ1v) is 5.74. The van der Waals surface area contributed by atoms with Gasteiger partial charge in [-0.15, -0.1) is 0 Å². The predicted molar refractivity (Wildman–Crippen MR) is 67.6 cm³/mol. The van der Waals surface area contributed by atoms with Gasteiger partial charge in [-0.3, -0.25) is 9.78 Å². The number of nitrogens with one attached hydrogen (secondary N) is 1. The van der Waals surface area contributed by atoms with Crippen molar-refractivity contribution in [2.75, 3.05) is 0 Å². The Hall–Kier alpha value is -1.62. The van der Waals surface area contributed by atoms with Crippen LogP contribution in [0.1, 0.15) is 31.1 Å². The van der Waals surface area contributed by atoms with Crippen LogP contribution in [0.4, 0.5) is 0 Å². The molecule has 98 valence electrons. The van der Waals surface area contributed by atoms with Gasteiger partial charge < -0.3 is 10.4 Å². The molecular weight excluding hydrogens is 256 g/mol. The van der Waals surface area contributed by atoms with E-state index in [2.05, 4.69) is 10.3 Å². The maximum absolute atomic E-state index is 11.9. The van der Waals surface area contributed by atoms with Crippen LogP contribution in [-0.4, -0.2) is 28.0 Å². The Kier molecular flexibility index (Phi) is 4.29. The number of nitrogens with zero attached hydrogens (tertiary/aromatic N) is 1. The van der Waals surface area contributed by atoms with E-state index in [0.29, 0.717) is 0 Å². The number of hydrogen-bond acceptors (Lipinski definition) is 3. The van der Waals surface area contributed by atoms with E-state index < -0.39 is 23.3 Å². The molecular formula is C12H15ClN2O3. The molecule has 0 aliphatic carbocycles. The minimum absolute atomic E-state index is 0.162. The summed E-state index contributed by atoms with van der Waals surface area (Å²) in [7, 11) is 0. The molecule has 0 aliphatic heterocycles. The molecule has 1 aromatic rings. The Balaban J connectivity index is 2.93. The van der Waals surface area contributed by atoms with E-state index in [1.165, 1.54) is 18.5 Å². The number of amides is 1. The molecule has 0 aliphatic rings. The first kappa shape index (κ1) is 14.4. The van der Waals surface area contributed by atoms with Crippen molar-refractivity contribution >= 4 is 23.5 Å². The molecule has 1 amide bonds. The highest BCUT2D eigenvalue weighted by molar-refractivity contribution is 6.33. The third-order valence-corrected chi connectivity index (χ3v) is 2.73. The monoisotopic (exact) mass is 270 g/mol. The largest absolute Gasteiger partial charge is 0.480 e. The van der Waals surface area contributed by atoms with E-state index in [9.17, 15) is 9.59 Å². The van der Waals surface area contributed by atoms with Crippen molar-refractivity contribution in [3.8, 4) is 0 Å². The SMILES string of the molecule is CC(C)(C)[C@H](NC(=O)c1cnccc1Cl)C(=O)O. The molecule has 0 aromatic carbocycles. The standard InChI is InChI=1S/C12H15ClN2O3/c1-12(2,3)9(11(17)18)15-10(16)7-6-14-5-4-8(7)13/h4-6,9H,1-3H3,(H,15,16)(H,17,18)/t9-/m1/s1. The molecule has 0 fully saturated rings. The molecule has 0 saturated heterocycles. The zero-order chi connectivity index (χ0) is 13.9. The van der Waals surface area contributed by atoms with Crippen molar-refractivity contribution in [2.45, 2.75) is 26.8 Å². The molecule has 0 saturated carbocycles. The van der Waals surface area contributed by atoms with Gasteiger partial charge in [0.1, 0.15) is 6.04 Å². The van der Waals surface area contributed by atoms with Crippen LogP contribution in [0, 0.1) is 5.41 Å². The van der Waals surface area contributed by atoms with Gasteiger partial charge in [-0.25, -0.2) is 4.79 Å². The second-order valence-corrected chi connectivity index (χ2v) is 5.37. The maximum Gasteiger partial charge on any atom is 0.326 e. The van der Waals surface area contributed by atoms with Crippen LogP contribution in [0.2, 0.25) is 5.02 Å². The highest BCUT2D eigenvalue weighted by Crippen LogP contribution is 2.21. The Labute approximate surface area is 110 Å². The van der Waals surface area contributed by atoms with Gasteiger partial charge in [0.2, 0.25) is 0 Å². The summed E-state index contributed by atoms with van der Waals surface area (Å²) in [4.78, 5) is 26.9. The smallest absolute Gasteiger partial charge is 0.326 e. The Morgan fingerprint density at radius 1 is 1.44 bits per heavy atom. The van der Waals surface area contributed by atoms with Gasteiger partial charge in [0.15, 0.2) is 0 Å². The van der Waals surface area contributed by atoms with Gasteiger partial charge in [0, 0.05) is 12.4 Å². The van der Waals surface area contributed by atoms with Crippen molar-refractivity contribution in [1.29, 1.82) is 0 Å². The predicted octanol–water partition coefficient (Wildman–Crippen LogP) is 1.96. The first-order chi connectivity index (χ1) is 8.23. The molecule has 18 heavy (non-hydrogen) atoms. The minimum atomic E-state index is -1.09. The summed E-state index contributed by atoms with van der Waals surface area (Å²) in [5, 5.41) is 11.8. The van der Waals surface area contributed by atoms with Crippen LogP contribution in [0.25, 0.3) is 0 Å². The van der Waals surface area contributed by atoms with Gasteiger partial charge in [-0.1, -0.05) is 32.4 Å². The lowest BCUT2D eigenvalue weighted by molar-refractivity contribution is -0.142. The summed E-state index contributed by atoms with van der Waals surface area (Å²) >= 11 is 5.85. The van der Waals surface area contributed by atoms with Gasteiger partial charge >= 0.3 is 5.97 Å². The first-order valence-electron chi connectivity index (χ1n) is 5.36. The number of carboxylic acid groups (broad SMARTS) is 1. The van der Waals surface area contributed by atoms with E-state index in [-0.39, 0.29) is 10.6 Å². The molecule has 5 nitrogen and oxygen atoms in total. The third-order valence-electron chi connectivity index (χ3n) is 2.40. The van der Waals surface area contributed by atoms with Crippen molar-refractivity contribution in [3.05, 3.63) is 29.0 Å². The Morgan fingerprint density at radius 3 is 2.50 bits per heavy atom. The molecule has 0 spiro atoms. The molecule has 2 N–H and O–H groups in total. The molecule has 0 radical (unpaired) electrons. The summed E-state index contributed by atoms with van der Waals surface area (Å²) in [5.74, 6) is -1.63. The van der Waals surface area contributed by atoms with E-state index >= 15 is 0 Å². The number of aromatic nitrogens is 1. The van der Waals surface area contributed by atoms with Crippen LogP contribution in [-0.2, 0) is 4.79 Å². The zero-order valence-corrected chi connectivity index (χ0v) is 11.2. The fraction of sp³-hybridized carbons (Fsp3) is 0.417. The van der Waals surface area contributed by atoms with Crippen molar-refractivity contribution in [2.24, 2.45) is 5.41 Å². The van der Waals surface area contributed by atoms with Gasteiger partial charge in [-0.2, -0.15) is 0 Å². The van der Waals surface area contributed by atoms with E-state index in [0.717, 1.165) is 0 Å². The van der Waals surface area contributed by atoms with Crippen LogP contribution < -0.4 is 5.32 Å². The number of carboxylic acids is 1. The van der Waals surface area contributed by atoms with Gasteiger partial charge in [-0.05, 0) is 11.5 Å². The lowest BCUT2D eigenvalue weighted by Crippen LogP contribution is -2.49. The Bertz CT molecular complexity index is 469. The van der Waals surface area contributed by atoms with Crippen molar-refractivity contribution < 1.29 is 14.7 Å². The number of carbonyl (C=O) groups excluding carboxylic acids is 1. The average molecular weight is 271 g/mol. The van der Waals surface area contributed by atoms with Crippen LogP contribution in [0.5, 0.6) is 0 Å². The Morgan fingerprint density at radius 2 is 2.06 bits per heavy atom. The number of hydrogen-bond donors (Lipinski definition) is 2. The van der Waals surface area contributed by atoms with Crippen LogP contribution in [0.3, 0.4) is 0 Å². The normalized spacial score (nSPS) is 12.9. The average Bonchev–Trinajstić information content (AvgIpc) is 2.24. The molecule has 1 heterocycles. The summed E-state index contributed by atoms with van der Waals surface area (Å²) in [6, 6.07) is 0.477. The van der Waals surface area contributed by atoms with E-state index in [1.54, 1.807) is 20.8 Å². The second kappa shape index (κ2) is 5.35. The number of halogens is 1. The third kappa shape index (κ3) is 3.43. The topological polar surface area (TPSA) is 79.3 Å². The second-order valence-electron chi connectivity index (χ2n) is 4.97. The van der Waals surface area contributed by atoms with Crippen LogP contribution >= 0.6 is 11.6 Å². The molecule has 1 rings (SSSR count). The van der Waals surface area contributed by atoms with Crippen molar-refractivity contribution in [3.63, 3.8) is 0 Å². The molecule has 1 aromatic heterocycles. The minimum Gasteiger partial charge on any atom is -0.480 e.